The standard InChI is InChI=1S/C13H11N3O2/c14-7-9-1-3-10(4-2-9)13-15-12(16-18-13)11-5-6-17-8-11/h1-6,8H,7,14H2. The van der Waals surface area contributed by atoms with E-state index in [9.17, 15) is 0 Å². The largest absolute Gasteiger partial charge is 0.472 e. The summed E-state index contributed by atoms with van der Waals surface area (Å²) in [5.41, 5.74) is 8.27. The number of rotatable bonds is 3. The molecule has 0 aliphatic heterocycles. The van der Waals surface area contributed by atoms with Crippen molar-refractivity contribution in [2.45, 2.75) is 6.54 Å². The van der Waals surface area contributed by atoms with Crippen molar-refractivity contribution in [2.75, 3.05) is 0 Å². The Morgan fingerprint density at radius 3 is 2.56 bits per heavy atom. The van der Waals surface area contributed by atoms with E-state index >= 15 is 0 Å². The molecule has 0 amide bonds. The minimum atomic E-state index is 0.481. The summed E-state index contributed by atoms with van der Waals surface area (Å²) in [6.45, 7) is 0.518. The molecule has 3 rings (SSSR count). The van der Waals surface area contributed by atoms with Gasteiger partial charge in [0.15, 0.2) is 0 Å². The van der Waals surface area contributed by atoms with Crippen molar-refractivity contribution in [3.8, 4) is 22.8 Å². The molecule has 0 spiro atoms. The van der Waals surface area contributed by atoms with Crippen LogP contribution in [0.15, 0.2) is 51.8 Å². The second kappa shape index (κ2) is 4.46. The molecule has 0 aliphatic rings. The molecule has 0 saturated heterocycles. The van der Waals surface area contributed by atoms with E-state index in [1.807, 2.05) is 24.3 Å². The second-order valence-corrected chi connectivity index (χ2v) is 3.84. The first-order valence-corrected chi connectivity index (χ1v) is 5.52. The average molecular weight is 241 g/mol. The van der Waals surface area contributed by atoms with Crippen LogP contribution in [0.2, 0.25) is 0 Å². The predicted molar refractivity (Wildman–Crippen MR) is 65.3 cm³/mol. The van der Waals surface area contributed by atoms with Crippen LogP contribution >= 0.6 is 0 Å². The summed E-state index contributed by atoms with van der Waals surface area (Å²) in [6, 6.07) is 9.49. The van der Waals surface area contributed by atoms with Crippen molar-refractivity contribution < 1.29 is 8.94 Å². The van der Waals surface area contributed by atoms with Crippen LogP contribution in [-0.2, 0) is 6.54 Å². The molecule has 5 heteroatoms. The van der Waals surface area contributed by atoms with Gasteiger partial charge in [0.05, 0.1) is 11.8 Å². The Kier molecular flexibility index (Phi) is 2.66. The molecule has 0 bridgehead atoms. The summed E-state index contributed by atoms with van der Waals surface area (Å²) >= 11 is 0. The van der Waals surface area contributed by atoms with Crippen LogP contribution in [0.5, 0.6) is 0 Å². The van der Waals surface area contributed by atoms with Gasteiger partial charge in [-0.2, -0.15) is 4.98 Å². The van der Waals surface area contributed by atoms with Crippen LogP contribution in [0.4, 0.5) is 0 Å². The van der Waals surface area contributed by atoms with Gasteiger partial charge >= 0.3 is 0 Å². The molecule has 2 heterocycles. The quantitative estimate of drug-likeness (QED) is 0.762. The molecule has 0 fully saturated rings. The Morgan fingerprint density at radius 1 is 1.06 bits per heavy atom. The maximum atomic E-state index is 5.55. The number of furan rings is 1. The normalized spacial score (nSPS) is 10.7. The van der Waals surface area contributed by atoms with Gasteiger partial charge in [0.25, 0.3) is 5.89 Å². The predicted octanol–water partition coefficient (Wildman–Crippen LogP) is 2.46. The van der Waals surface area contributed by atoms with Gasteiger partial charge in [-0.3, -0.25) is 0 Å². The number of hydrogen-bond donors (Lipinski definition) is 1. The molecular weight excluding hydrogens is 230 g/mol. The van der Waals surface area contributed by atoms with Gasteiger partial charge in [0, 0.05) is 12.1 Å². The zero-order valence-corrected chi connectivity index (χ0v) is 9.54. The molecule has 0 saturated carbocycles. The van der Waals surface area contributed by atoms with Crippen LogP contribution < -0.4 is 5.73 Å². The highest BCUT2D eigenvalue weighted by atomic mass is 16.5. The highest BCUT2D eigenvalue weighted by molar-refractivity contribution is 5.58. The third-order valence-electron chi connectivity index (χ3n) is 2.64. The number of hydrogen-bond acceptors (Lipinski definition) is 5. The molecule has 18 heavy (non-hydrogen) atoms. The van der Waals surface area contributed by atoms with Gasteiger partial charge < -0.3 is 14.7 Å². The Balaban J connectivity index is 1.92. The number of aromatic nitrogens is 2. The van der Waals surface area contributed by atoms with E-state index < -0.39 is 0 Å². The van der Waals surface area contributed by atoms with E-state index in [-0.39, 0.29) is 0 Å². The second-order valence-electron chi connectivity index (χ2n) is 3.84. The molecule has 0 aliphatic carbocycles. The van der Waals surface area contributed by atoms with E-state index in [0.717, 1.165) is 16.7 Å². The molecule has 90 valence electrons. The molecule has 2 N–H and O–H groups in total. The monoisotopic (exact) mass is 241 g/mol. The number of benzene rings is 1. The lowest BCUT2D eigenvalue weighted by Crippen LogP contribution is -1.95. The van der Waals surface area contributed by atoms with E-state index in [2.05, 4.69) is 10.1 Å². The molecule has 2 aromatic heterocycles. The third-order valence-corrected chi connectivity index (χ3v) is 2.64. The lowest BCUT2D eigenvalue weighted by atomic mass is 10.1. The Morgan fingerprint density at radius 2 is 1.89 bits per heavy atom. The number of nitrogens with zero attached hydrogens (tertiary/aromatic N) is 2. The zero-order chi connectivity index (χ0) is 12.4. The zero-order valence-electron chi connectivity index (χ0n) is 9.54. The van der Waals surface area contributed by atoms with Crippen molar-refractivity contribution in [3.05, 3.63) is 48.4 Å². The first-order valence-electron chi connectivity index (χ1n) is 5.52. The van der Waals surface area contributed by atoms with Crippen LogP contribution in [0.3, 0.4) is 0 Å². The Bertz CT molecular complexity index is 627. The Labute approximate surface area is 103 Å². The highest BCUT2D eigenvalue weighted by Gasteiger charge is 2.10. The summed E-state index contributed by atoms with van der Waals surface area (Å²) in [4.78, 5) is 4.31. The molecule has 1 aromatic carbocycles. The average Bonchev–Trinajstić information content (AvgIpc) is 3.09. The van der Waals surface area contributed by atoms with Crippen molar-refractivity contribution in [2.24, 2.45) is 5.73 Å². The van der Waals surface area contributed by atoms with Crippen LogP contribution in [0, 0.1) is 0 Å². The van der Waals surface area contributed by atoms with Gasteiger partial charge in [-0.05, 0) is 23.8 Å². The topological polar surface area (TPSA) is 78.1 Å². The van der Waals surface area contributed by atoms with Gasteiger partial charge in [-0.1, -0.05) is 17.3 Å². The minimum absolute atomic E-state index is 0.481. The smallest absolute Gasteiger partial charge is 0.258 e. The lowest BCUT2D eigenvalue weighted by Gasteiger charge is -1.96. The van der Waals surface area contributed by atoms with Crippen LogP contribution in [0.1, 0.15) is 5.56 Å². The van der Waals surface area contributed by atoms with Gasteiger partial charge in [0.1, 0.15) is 6.26 Å². The summed E-state index contributed by atoms with van der Waals surface area (Å²) in [6.07, 6.45) is 3.15. The van der Waals surface area contributed by atoms with Crippen molar-refractivity contribution in [1.82, 2.24) is 10.1 Å². The third kappa shape index (κ3) is 1.91. The van der Waals surface area contributed by atoms with Gasteiger partial charge in [0.2, 0.25) is 5.82 Å². The molecule has 5 nitrogen and oxygen atoms in total. The SMILES string of the molecule is NCc1ccc(-c2nc(-c3ccoc3)no2)cc1. The van der Waals surface area contributed by atoms with E-state index in [0.29, 0.717) is 18.3 Å². The molecule has 0 radical (unpaired) electrons. The van der Waals surface area contributed by atoms with Gasteiger partial charge in [-0.15, -0.1) is 0 Å². The molecule has 0 atom stereocenters. The Hall–Kier alpha value is -2.40. The van der Waals surface area contributed by atoms with Gasteiger partial charge in [-0.25, -0.2) is 0 Å². The summed E-state index contributed by atoms with van der Waals surface area (Å²) in [7, 11) is 0. The van der Waals surface area contributed by atoms with E-state index in [1.54, 1.807) is 18.6 Å². The summed E-state index contributed by atoms with van der Waals surface area (Å²) < 4.78 is 10.2. The first-order chi connectivity index (χ1) is 8.86. The lowest BCUT2D eigenvalue weighted by molar-refractivity contribution is 0.432. The molecule has 3 aromatic rings. The first kappa shape index (κ1) is 10.7. The van der Waals surface area contributed by atoms with E-state index in [4.69, 9.17) is 14.7 Å². The van der Waals surface area contributed by atoms with Crippen LogP contribution in [-0.4, -0.2) is 10.1 Å². The van der Waals surface area contributed by atoms with Crippen molar-refractivity contribution >= 4 is 0 Å². The number of nitrogens with two attached hydrogens (primary N) is 1. The summed E-state index contributed by atoms with van der Waals surface area (Å²) in [5.74, 6) is 0.997. The fraction of sp³-hybridized carbons (Fsp3) is 0.0769. The van der Waals surface area contributed by atoms with Crippen molar-refractivity contribution in [1.29, 1.82) is 0 Å². The highest BCUT2D eigenvalue weighted by Crippen LogP contribution is 2.22. The molecular formula is C13H11N3O2. The maximum absolute atomic E-state index is 5.55. The minimum Gasteiger partial charge on any atom is -0.472 e. The summed E-state index contributed by atoms with van der Waals surface area (Å²) in [5, 5.41) is 3.91. The fourth-order valence-electron chi connectivity index (χ4n) is 1.63. The van der Waals surface area contributed by atoms with Crippen molar-refractivity contribution in [3.63, 3.8) is 0 Å². The fourth-order valence-corrected chi connectivity index (χ4v) is 1.63. The van der Waals surface area contributed by atoms with E-state index in [1.165, 1.54) is 0 Å². The van der Waals surface area contributed by atoms with Crippen LogP contribution in [0.25, 0.3) is 22.8 Å². The molecule has 0 unspecified atom stereocenters. The maximum Gasteiger partial charge on any atom is 0.258 e.